The van der Waals surface area contributed by atoms with Crippen LogP contribution in [-0.4, -0.2) is 0 Å². The minimum atomic E-state index is 0.854. The molecule has 2 aromatic rings. The van der Waals surface area contributed by atoms with Crippen LogP contribution in [0.2, 0.25) is 0 Å². The van der Waals surface area contributed by atoms with Crippen molar-refractivity contribution >= 4 is 5.57 Å². The summed E-state index contributed by atoms with van der Waals surface area (Å²) in [5.41, 5.74) is 4.79. The summed E-state index contributed by atoms with van der Waals surface area (Å²) in [5.74, 6) is 0.996. The molecule has 1 aromatic heterocycles. The molecule has 0 aliphatic heterocycles. The van der Waals surface area contributed by atoms with Gasteiger partial charge in [-0.25, -0.2) is 0 Å². The monoisotopic (exact) mass is 212 g/mol. The second-order valence-electron chi connectivity index (χ2n) is 4.09. The van der Waals surface area contributed by atoms with Crippen molar-refractivity contribution < 1.29 is 4.42 Å². The number of hydrogen-bond acceptors (Lipinski definition) is 1. The molecule has 0 N–H and O–H groups in total. The van der Waals surface area contributed by atoms with Crippen LogP contribution in [0.3, 0.4) is 0 Å². The molecular formula is C15H16O. The lowest BCUT2D eigenvalue weighted by atomic mass is 9.99. The number of rotatable bonds is 3. The normalized spacial score (nSPS) is 10.4. The first-order chi connectivity index (χ1) is 7.68. The van der Waals surface area contributed by atoms with Gasteiger partial charge in [0.25, 0.3) is 0 Å². The second-order valence-corrected chi connectivity index (χ2v) is 4.09. The molecule has 0 amide bonds. The van der Waals surface area contributed by atoms with Crippen LogP contribution in [0.1, 0.15) is 22.5 Å². The SMILES string of the molecule is C=C(Cc1coc(C)c1C)c1ccccc1. The van der Waals surface area contributed by atoms with E-state index in [1.54, 1.807) is 0 Å². The van der Waals surface area contributed by atoms with Crippen molar-refractivity contribution in [2.24, 2.45) is 0 Å². The van der Waals surface area contributed by atoms with Gasteiger partial charge in [-0.15, -0.1) is 0 Å². The molecule has 82 valence electrons. The summed E-state index contributed by atoms with van der Waals surface area (Å²) in [5, 5.41) is 0. The van der Waals surface area contributed by atoms with Gasteiger partial charge in [0.15, 0.2) is 0 Å². The minimum Gasteiger partial charge on any atom is -0.469 e. The highest BCUT2D eigenvalue weighted by atomic mass is 16.3. The fourth-order valence-corrected chi connectivity index (χ4v) is 1.74. The molecule has 16 heavy (non-hydrogen) atoms. The Morgan fingerprint density at radius 2 is 1.88 bits per heavy atom. The Kier molecular flexibility index (Phi) is 2.95. The van der Waals surface area contributed by atoms with Gasteiger partial charge in [-0.2, -0.15) is 0 Å². The van der Waals surface area contributed by atoms with E-state index in [9.17, 15) is 0 Å². The predicted octanol–water partition coefficient (Wildman–Crippen LogP) is 4.15. The third-order valence-corrected chi connectivity index (χ3v) is 2.97. The molecule has 2 rings (SSSR count). The number of aryl methyl sites for hydroxylation is 1. The summed E-state index contributed by atoms with van der Waals surface area (Å²) in [7, 11) is 0. The maximum absolute atomic E-state index is 5.39. The predicted molar refractivity (Wildman–Crippen MR) is 67.4 cm³/mol. The van der Waals surface area contributed by atoms with Gasteiger partial charge in [-0.3, -0.25) is 0 Å². The van der Waals surface area contributed by atoms with E-state index in [0.717, 1.165) is 17.8 Å². The fourth-order valence-electron chi connectivity index (χ4n) is 1.74. The first kappa shape index (κ1) is 10.7. The summed E-state index contributed by atoms with van der Waals surface area (Å²) >= 11 is 0. The van der Waals surface area contributed by atoms with E-state index in [0.29, 0.717) is 0 Å². The maximum atomic E-state index is 5.39. The molecule has 1 heterocycles. The fraction of sp³-hybridized carbons (Fsp3) is 0.200. The molecule has 0 atom stereocenters. The van der Waals surface area contributed by atoms with Crippen LogP contribution in [-0.2, 0) is 6.42 Å². The lowest BCUT2D eigenvalue weighted by Gasteiger charge is -2.04. The van der Waals surface area contributed by atoms with Gasteiger partial charge in [0.05, 0.1) is 6.26 Å². The summed E-state index contributed by atoms with van der Waals surface area (Å²) in [4.78, 5) is 0. The average molecular weight is 212 g/mol. The molecule has 1 nitrogen and oxygen atoms in total. The Hall–Kier alpha value is -1.76. The highest BCUT2D eigenvalue weighted by Gasteiger charge is 2.07. The van der Waals surface area contributed by atoms with Crippen LogP contribution in [0.15, 0.2) is 47.6 Å². The van der Waals surface area contributed by atoms with Crippen molar-refractivity contribution in [1.82, 2.24) is 0 Å². The molecule has 1 heteroatoms. The molecule has 0 fully saturated rings. The van der Waals surface area contributed by atoms with Crippen molar-refractivity contribution in [3.63, 3.8) is 0 Å². The zero-order valence-corrected chi connectivity index (χ0v) is 9.79. The maximum Gasteiger partial charge on any atom is 0.103 e. The van der Waals surface area contributed by atoms with Crippen molar-refractivity contribution in [1.29, 1.82) is 0 Å². The second kappa shape index (κ2) is 4.40. The largest absolute Gasteiger partial charge is 0.469 e. The van der Waals surface area contributed by atoms with Gasteiger partial charge >= 0.3 is 0 Å². The molecule has 0 unspecified atom stereocenters. The van der Waals surface area contributed by atoms with Crippen molar-refractivity contribution in [3.05, 3.63) is 65.6 Å². The highest BCUT2D eigenvalue weighted by molar-refractivity contribution is 5.65. The van der Waals surface area contributed by atoms with Crippen LogP contribution in [0, 0.1) is 13.8 Å². The van der Waals surface area contributed by atoms with E-state index in [1.165, 1.54) is 16.7 Å². The Labute approximate surface area is 96.4 Å². The van der Waals surface area contributed by atoms with Crippen molar-refractivity contribution in [2.75, 3.05) is 0 Å². The smallest absolute Gasteiger partial charge is 0.103 e. The van der Waals surface area contributed by atoms with E-state index in [-0.39, 0.29) is 0 Å². The molecule has 1 aromatic carbocycles. The molecule has 0 aliphatic carbocycles. The van der Waals surface area contributed by atoms with E-state index in [4.69, 9.17) is 4.42 Å². The summed E-state index contributed by atoms with van der Waals surface area (Å²) in [6.07, 6.45) is 2.69. The number of allylic oxidation sites excluding steroid dienone is 1. The molecule has 0 radical (unpaired) electrons. The van der Waals surface area contributed by atoms with Gasteiger partial charge in [-0.05, 0) is 36.1 Å². The van der Waals surface area contributed by atoms with E-state index >= 15 is 0 Å². The van der Waals surface area contributed by atoms with Crippen LogP contribution >= 0.6 is 0 Å². The molecule has 0 saturated carbocycles. The van der Waals surface area contributed by atoms with Gasteiger partial charge < -0.3 is 4.42 Å². The molecule has 0 saturated heterocycles. The highest BCUT2D eigenvalue weighted by Crippen LogP contribution is 2.22. The number of hydrogen-bond donors (Lipinski definition) is 0. The lowest BCUT2D eigenvalue weighted by molar-refractivity contribution is 0.530. The molecule has 0 bridgehead atoms. The van der Waals surface area contributed by atoms with Crippen LogP contribution < -0.4 is 0 Å². The zero-order chi connectivity index (χ0) is 11.5. The van der Waals surface area contributed by atoms with Gasteiger partial charge in [0.2, 0.25) is 0 Å². The third kappa shape index (κ3) is 2.08. The lowest BCUT2D eigenvalue weighted by Crippen LogP contribution is -1.89. The summed E-state index contributed by atoms with van der Waals surface area (Å²) in [6.45, 7) is 8.21. The first-order valence-corrected chi connectivity index (χ1v) is 5.45. The van der Waals surface area contributed by atoms with Crippen LogP contribution in [0.5, 0.6) is 0 Å². The van der Waals surface area contributed by atoms with Crippen molar-refractivity contribution in [2.45, 2.75) is 20.3 Å². The number of benzene rings is 1. The standard InChI is InChI=1S/C15H16O/c1-11(14-7-5-4-6-8-14)9-15-10-16-13(3)12(15)2/h4-8,10H,1,9H2,2-3H3. The number of furan rings is 1. The Bertz CT molecular complexity index is 491. The first-order valence-electron chi connectivity index (χ1n) is 5.45. The van der Waals surface area contributed by atoms with Gasteiger partial charge in [0, 0.05) is 6.42 Å². The average Bonchev–Trinajstić information content (AvgIpc) is 2.62. The van der Waals surface area contributed by atoms with Crippen LogP contribution in [0.4, 0.5) is 0 Å². The third-order valence-electron chi connectivity index (χ3n) is 2.97. The van der Waals surface area contributed by atoms with E-state index in [1.807, 2.05) is 31.4 Å². The molecule has 0 aliphatic rings. The van der Waals surface area contributed by atoms with Gasteiger partial charge in [-0.1, -0.05) is 36.9 Å². The molecule has 0 spiro atoms. The summed E-state index contributed by atoms with van der Waals surface area (Å²) < 4.78 is 5.39. The van der Waals surface area contributed by atoms with Crippen molar-refractivity contribution in [3.8, 4) is 0 Å². The van der Waals surface area contributed by atoms with Gasteiger partial charge in [0.1, 0.15) is 5.76 Å². The quantitative estimate of drug-likeness (QED) is 0.744. The van der Waals surface area contributed by atoms with E-state index < -0.39 is 0 Å². The Balaban J connectivity index is 2.17. The van der Waals surface area contributed by atoms with E-state index in [2.05, 4.69) is 25.6 Å². The minimum absolute atomic E-state index is 0.854. The zero-order valence-electron chi connectivity index (χ0n) is 9.79. The Morgan fingerprint density at radius 3 is 2.44 bits per heavy atom. The summed E-state index contributed by atoms with van der Waals surface area (Å²) in [6, 6.07) is 10.3. The molecular weight excluding hydrogens is 196 g/mol. The topological polar surface area (TPSA) is 13.1 Å². The Morgan fingerprint density at radius 1 is 1.19 bits per heavy atom. The van der Waals surface area contributed by atoms with Crippen LogP contribution in [0.25, 0.3) is 5.57 Å².